The Labute approximate surface area is 216 Å². The maximum Gasteiger partial charge on any atom is 0.341 e. The first kappa shape index (κ1) is 25.2. The van der Waals surface area contributed by atoms with Crippen LogP contribution in [0.3, 0.4) is 0 Å². The zero-order chi connectivity index (χ0) is 25.1. The van der Waals surface area contributed by atoms with Crippen LogP contribution in [0.2, 0.25) is 0 Å². The van der Waals surface area contributed by atoms with Gasteiger partial charge in [0.1, 0.15) is 5.00 Å². The Balaban J connectivity index is 1.51. The molecular weight excluding hydrogens is 501 g/mol. The number of hydrogen-bond acceptors (Lipinski definition) is 8. The number of nitrogens with zero attached hydrogens (tertiary/aromatic N) is 3. The number of anilines is 1. The SMILES string of the molecule is CCc1c(C)sc(NC(=O)CSc2nnc(-c3csc(C)c3-c3ccccc3)n2C)c1C(=O)OC. The lowest BCUT2D eigenvalue weighted by molar-refractivity contribution is -0.113. The molecule has 0 spiro atoms. The van der Waals surface area contributed by atoms with Gasteiger partial charge in [-0.3, -0.25) is 4.79 Å². The summed E-state index contributed by atoms with van der Waals surface area (Å²) in [5, 5.41) is 14.9. The Morgan fingerprint density at radius 1 is 1.14 bits per heavy atom. The summed E-state index contributed by atoms with van der Waals surface area (Å²) in [6.07, 6.45) is 0.687. The number of rotatable bonds is 8. The molecule has 35 heavy (non-hydrogen) atoms. The minimum atomic E-state index is -0.438. The minimum absolute atomic E-state index is 0.138. The van der Waals surface area contributed by atoms with Crippen molar-refractivity contribution in [1.82, 2.24) is 14.8 Å². The second-order valence-corrected chi connectivity index (χ2v) is 11.1. The predicted molar refractivity (Wildman–Crippen MR) is 144 cm³/mol. The standard InChI is InChI=1S/C25H26N4O3S3/c1-6-17-14(2)35-23(21(17)24(31)32-5)26-19(30)13-34-25-28-27-22(29(25)4)18-12-33-15(3)20(18)16-10-8-7-9-11-16/h7-12H,6,13H2,1-5H3,(H,26,30). The van der Waals surface area contributed by atoms with Gasteiger partial charge in [0.15, 0.2) is 11.0 Å². The van der Waals surface area contributed by atoms with Crippen molar-refractivity contribution in [2.45, 2.75) is 32.3 Å². The number of nitrogens with one attached hydrogen (secondary N) is 1. The highest BCUT2D eigenvalue weighted by atomic mass is 32.2. The van der Waals surface area contributed by atoms with Gasteiger partial charge in [-0.05, 0) is 31.4 Å². The number of carbonyl (C=O) groups is 2. The molecule has 4 rings (SSSR count). The summed E-state index contributed by atoms with van der Waals surface area (Å²) in [6, 6.07) is 10.2. The fourth-order valence-electron chi connectivity index (χ4n) is 3.96. The zero-order valence-corrected chi connectivity index (χ0v) is 22.6. The van der Waals surface area contributed by atoms with Crippen molar-refractivity contribution in [1.29, 1.82) is 0 Å². The fourth-order valence-corrected chi connectivity index (χ4v) is 6.69. The third kappa shape index (κ3) is 5.05. The first-order chi connectivity index (χ1) is 16.8. The van der Waals surface area contributed by atoms with Gasteiger partial charge in [-0.2, -0.15) is 0 Å². The molecule has 0 atom stereocenters. The first-order valence-corrected chi connectivity index (χ1v) is 13.7. The van der Waals surface area contributed by atoms with Crippen molar-refractivity contribution in [2.24, 2.45) is 7.05 Å². The largest absolute Gasteiger partial charge is 0.465 e. The van der Waals surface area contributed by atoms with E-state index in [1.54, 1.807) is 11.3 Å². The average Bonchev–Trinajstić information content (AvgIpc) is 3.51. The van der Waals surface area contributed by atoms with Crippen LogP contribution in [-0.4, -0.2) is 39.5 Å². The molecule has 10 heteroatoms. The summed E-state index contributed by atoms with van der Waals surface area (Å²) in [6.45, 7) is 6.02. The van der Waals surface area contributed by atoms with E-state index in [-0.39, 0.29) is 11.7 Å². The number of amides is 1. The molecular formula is C25H26N4O3S3. The van der Waals surface area contributed by atoms with E-state index in [1.807, 2.05) is 43.7 Å². The molecule has 0 unspecified atom stereocenters. The monoisotopic (exact) mass is 526 g/mol. The second kappa shape index (κ2) is 10.8. The molecule has 0 radical (unpaired) electrons. The van der Waals surface area contributed by atoms with Crippen LogP contribution in [0.1, 0.15) is 32.6 Å². The number of thiophene rings is 2. The number of aryl methyl sites for hydroxylation is 2. The van der Waals surface area contributed by atoms with E-state index in [2.05, 4.69) is 40.0 Å². The quantitative estimate of drug-likeness (QED) is 0.225. The minimum Gasteiger partial charge on any atom is -0.465 e. The van der Waals surface area contributed by atoms with Gasteiger partial charge >= 0.3 is 5.97 Å². The molecule has 3 aromatic heterocycles. The number of carbonyl (C=O) groups excluding carboxylic acids is 2. The zero-order valence-electron chi connectivity index (χ0n) is 20.2. The number of benzene rings is 1. The highest BCUT2D eigenvalue weighted by Gasteiger charge is 2.24. The number of esters is 1. The predicted octanol–water partition coefficient (Wildman–Crippen LogP) is 5.97. The Bertz CT molecular complexity index is 1370. The van der Waals surface area contributed by atoms with E-state index in [9.17, 15) is 9.59 Å². The van der Waals surface area contributed by atoms with Gasteiger partial charge in [-0.15, -0.1) is 32.9 Å². The van der Waals surface area contributed by atoms with Crippen molar-refractivity contribution >= 4 is 51.3 Å². The molecule has 1 aromatic carbocycles. The van der Waals surface area contributed by atoms with Crippen LogP contribution in [0.4, 0.5) is 5.00 Å². The number of ether oxygens (including phenoxy) is 1. The van der Waals surface area contributed by atoms with Crippen molar-refractivity contribution in [3.63, 3.8) is 0 Å². The van der Waals surface area contributed by atoms with Crippen molar-refractivity contribution in [3.8, 4) is 22.5 Å². The van der Waals surface area contributed by atoms with Crippen LogP contribution < -0.4 is 5.32 Å². The summed E-state index contributed by atoms with van der Waals surface area (Å²) >= 11 is 4.38. The fraction of sp³-hybridized carbons (Fsp3) is 0.280. The Morgan fingerprint density at radius 3 is 2.57 bits per heavy atom. The Kier molecular flexibility index (Phi) is 7.73. The lowest BCUT2D eigenvalue weighted by Crippen LogP contribution is -2.16. The van der Waals surface area contributed by atoms with E-state index < -0.39 is 5.97 Å². The molecule has 182 valence electrons. The molecule has 0 aliphatic heterocycles. The van der Waals surface area contributed by atoms with Crippen LogP contribution in [0.25, 0.3) is 22.5 Å². The lowest BCUT2D eigenvalue weighted by Gasteiger charge is -2.08. The molecule has 0 saturated heterocycles. The molecule has 7 nitrogen and oxygen atoms in total. The lowest BCUT2D eigenvalue weighted by atomic mass is 10.0. The van der Waals surface area contributed by atoms with Crippen molar-refractivity contribution < 1.29 is 14.3 Å². The normalized spacial score (nSPS) is 11.0. The van der Waals surface area contributed by atoms with E-state index >= 15 is 0 Å². The Morgan fingerprint density at radius 2 is 1.89 bits per heavy atom. The van der Waals surface area contributed by atoms with Crippen LogP contribution in [-0.2, 0) is 23.0 Å². The van der Waals surface area contributed by atoms with E-state index in [1.165, 1.54) is 35.1 Å². The third-order valence-corrected chi connectivity index (χ3v) is 8.64. The van der Waals surface area contributed by atoms with Gasteiger partial charge in [0.25, 0.3) is 0 Å². The van der Waals surface area contributed by atoms with E-state index in [0.29, 0.717) is 22.1 Å². The van der Waals surface area contributed by atoms with E-state index in [4.69, 9.17) is 4.74 Å². The molecule has 0 saturated carbocycles. The number of hydrogen-bond donors (Lipinski definition) is 1. The third-order valence-electron chi connectivity index (χ3n) is 5.65. The Hall–Kier alpha value is -2.95. The smallest absolute Gasteiger partial charge is 0.341 e. The second-order valence-electron chi connectivity index (χ2n) is 7.83. The van der Waals surface area contributed by atoms with Gasteiger partial charge in [0.2, 0.25) is 5.91 Å². The molecule has 0 aliphatic rings. The van der Waals surface area contributed by atoms with Crippen LogP contribution in [0.5, 0.6) is 0 Å². The van der Waals surface area contributed by atoms with Gasteiger partial charge in [-0.25, -0.2) is 4.79 Å². The van der Waals surface area contributed by atoms with E-state index in [0.717, 1.165) is 33.0 Å². The molecule has 3 heterocycles. The summed E-state index contributed by atoms with van der Waals surface area (Å²) in [5.41, 5.74) is 4.66. The topological polar surface area (TPSA) is 86.1 Å². The number of aromatic nitrogens is 3. The molecule has 4 aromatic rings. The van der Waals surface area contributed by atoms with Gasteiger partial charge < -0.3 is 14.6 Å². The van der Waals surface area contributed by atoms with Crippen LogP contribution >= 0.6 is 34.4 Å². The van der Waals surface area contributed by atoms with Crippen molar-refractivity contribution in [3.05, 3.63) is 56.6 Å². The molecule has 1 amide bonds. The number of thioether (sulfide) groups is 1. The first-order valence-electron chi connectivity index (χ1n) is 11.0. The van der Waals surface area contributed by atoms with Gasteiger partial charge in [0.05, 0.1) is 18.4 Å². The van der Waals surface area contributed by atoms with Crippen molar-refractivity contribution in [2.75, 3.05) is 18.2 Å². The summed E-state index contributed by atoms with van der Waals surface area (Å²) < 4.78 is 6.85. The average molecular weight is 527 g/mol. The molecule has 0 bridgehead atoms. The number of methoxy groups -OCH3 is 1. The maximum absolute atomic E-state index is 12.8. The summed E-state index contributed by atoms with van der Waals surface area (Å²) in [4.78, 5) is 27.3. The molecule has 0 fully saturated rings. The highest BCUT2D eigenvalue weighted by molar-refractivity contribution is 7.99. The highest BCUT2D eigenvalue weighted by Crippen LogP contribution is 2.39. The molecule has 1 N–H and O–H groups in total. The van der Waals surface area contributed by atoms with Gasteiger partial charge in [-0.1, -0.05) is 49.0 Å². The molecule has 0 aliphatic carbocycles. The maximum atomic E-state index is 12.8. The summed E-state index contributed by atoms with van der Waals surface area (Å²) in [5.74, 6) is 0.238. The van der Waals surface area contributed by atoms with Gasteiger partial charge in [0, 0.05) is 33.3 Å². The van der Waals surface area contributed by atoms with Crippen LogP contribution in [0, 0.1) is 13.8 Å². The van der Waals surface area contributed by atoms with Crippen LogP contribution in [0.15, 0.2) is 40.9 Å². The summed E-state index contributed by atoms with van der Waals surface area (Å²) in [7, 11) is 3.25.